The second-order valence-electron chi connectivity index (χ2n) is 7.36. The molecule has 0 heterocycles. The molecule has 1 saturated carbocycles. The molecule has 1 atom stereocenters. The molecule has 1 aliphatic carbocycles. The Bertz CT molecular complexity index is 731. The van der Waals surface area contributed by atoms with Gasteiger partial charge in [0.1, 0.15) is 5.92 Å². The quantitative estimate of drug-likeness (QED) is 0.516. The topological polar surface area (TPSA) is 43.4 Å². The molecule has 1 unspecified atom stereocenters. The highest BCUT2D eigenvalue weighted by molar-refractivity contribution is 6.00. The van der Waals surface area contributed by atoms with Crippen LogP contribution in [0.25, 0.3) is 0 Å². The van der Waals surface area contributed by atoms with Crippen LogP contribution < -0.4 is 0 Å². The number of carbonyl (C=O) groups excluding carboxylic acids is 2. The zero-order valence-corrected chi connectivity index (χ0v) is 16.0. The van der Waals surface area contributed by atoms with Crippen molar-refractivity contribution in [3.05, 3.63) is 71.8 Å². The molecule has 0 aromatic heterocycles. The minimum absolute atomic E-state index is 0.0388. The van der Waals surface area contributed by atoms with Gasteiger partial charge >= 0.3 is 5.97 Å². The largest absolute Gasteiger partial charge is 0.465 e. The molecular weight excluding hydrogens is 336 g/mol. The van der Waals surface area contributed by atoms with Crippen molar-refractivity contribution in [1.29, 1.82) is 0 Å². The second-order valence-corrected chi connectivity index (χ2v) is 7.36. The number of hydrogen-bond donors (Lipinski definition) is 0. The van der Waals surface area contributed by atoms with Crippen LogP contribution in [0.5, 0.6) is 0 Å². The van der Waals surface area contributed by atoms with E-state index in [9.17, 15) is 9.59 Å². The van der Waals surface area contributed by atoms with Gasteiger partial charge in [-0.15, -0.1) is 0 Å². The zero-order chi connectivity index (χ0) is 19.1. The van der Waals surface area contributed by atoms with Gasteiger partial charge in [0.25, 0.3) is 0 Å². The van der Waals surface area contributed by atoms with Crippen molar-refractivity contribution < 1.29 is 14.3 Å². The van der Waals surface area contributed by atoms with Gasteiger partial charge in [-0.05, 0) is 56.1 Å². The Morgan fingerprint density at radius 2 is 1.52 bits per heavy atom. The van der Waals surface area contributed by atoms with Crippen LogP contribution >= 0.6 is 0 Å². The summed E-state index contributed by atoms with van der Waals surface area (Å²) >= 11 is 0. The van der Waals surface area contributed by atoms with E-state index in [0.717, 1.165) is 31.2 Å². The van der Waals surface area contributed by atoms with Gasteiger partial charge in [-0.25, -0.2) is 0 Å². The van der Waals surface area contributed by atoms with Crippen molar-refractivity contribution in [2.75, 3.05) is 6.61 Å². The van der Waals surface area contributed by atoms with Crippen LogP contribution in [0, 0.1) is 11.8 Å². The Labute approximate surface area is 161 Å². The Hall–Kier alpha value is -2.42. The minimum Gasteiger partial charge on any atom is -0.465 e. The molecule has 2 aromatic rings. The van der Waals surface area contributed by atoms with Crippen LogP contribution in [0.2, 0.25) is 0 Å². The van der Waals surface area contributed by atoms with Gasteiger partial charge in [0.15, 0.2) is 5.78 Å². The second kappa shape index (κ2) is 9.50. The standard InChI is InChI=1S/C24H28O3/c1-2-27-24(26)22(17-18-9-5-3-6-10-18)23(25)21-15-13-20(14-16-21)19-11-7-4-8-12-19/h3-12,20-22H,2,13-17H2,1H3/t20-,21-,22?. The minimum atomic E-state index is -0.689. The Kier molecular flexibility index (Phi) is 6.80. The molecule has 0 bridgehead atoms. The number of esters is 1. The van der Waals surface area contributed by atoms with Crippen LogP contribution in [0.4, 0.5) is 0 Å². The number of ketones is 1. The first kappa shape index (κ1) is 19.3. The first-order valence-corrected chi connectivity index (χ1v) is 9.98. The van der Waals surface area contributed by atoms with E-state index in [1.807, 2.05) is 36.4 Å². The van der Waals surface area contributed by atoms with E-state index in [2.05, 4.69) is 24.3 Å². The summed E-state index contributed by atoms with van der Waals surface area (Å²) in [4.78, 5) is 25.6. The fraction of sp³-hybridized carbons (Fsp3) is 0.417. The van der Waals surface area contributed by atoms with E-state index in [1.54, 1.807) is 6.92 Å². The van der Waals surface area contributed by atoms with Crippen LogP contribution in [0.1, 0.15) is 49.7 Å². The first-order valence-electron chi connectivity index (χ1n) is 9.98. The summed E-state index contributed by atoms with van der Waals surface area (Å²) in [6.45, 7) is 2.09. The molecule has 142 valence electrons. The Balaban J connectivity index is 1.66. The highest BCUT2D eigenvalue weighted by atomic mass is 16.5. The summed E-state index contributed by atoms with van der Waals surface area (Å²) < 4.78 is 5.22. The predicted octanol–water partition coefficient (Wildman–Crippen LogP) is 4.95. The van der Waals surface area contributed by atoms with Crippen molar-refractivity contribution in [2.24, 2.45) is 11.8 Å². The molecule has 3 heteroatoms. The lowest BCUT2D eigenvalue weighted by Gasteiger charge is -2.29. The van der Waals surface area contributed by atoms with Gasteiger partial charge in [-0.3, -0.25) is 9.59 Å². The highest BCUT2D eigenvalue weighted by Crippen LogP contribution is 2.37. The average molecular weight is 364 g/mol. The lowest BCUT2D eigenvalue weighted by atomic mass is 9.74. The third-order valence-electron chi connectivity index (χ3n) is 5.60. The maximum Gasteiger partial charge on any atom is 0.316 e. The fourth-order valence-corrected chi connectivity index (χ4v) is 4.11. The van der Waals surface area contributed by atoms with E-state index >= 15 is 0 Å². The Morgan fingerprint density at radius 3 is 2.11 bits per heavy atom. The van der Waals surface area contributed by atoms with Gasteiger partial charge < -0.3 is 4.74 Å². The third-order valence-corrected chi connectivity index (χ3v) is 5.60. The monoisotopic (exact) mass is 364 g/mol. The number of benzene rings is 2. The van der Waals surface area contributed by atoms with Gasteiger partial charge in [0.05, 0.1) is 6.61 Å². The Morgan fingerprint density at radius 1 is 0.926 bits per heavy atom. The summed E-state index contributed by atoms with van der Waals surface area (Å²) in [7, 11) is 0. The van der Waals surface area contributed by atoms with E-state index in [0.29, 0.717) is 18.9 Å². The third kappa shape index (κ3) is 5.06. The number of ether oxygens (including phenoxy) is 1. The predicted molar refractivity (Wildman–Crippen MR) is 106 cm³/mol. The number of carbonyl (C=O) groups is 2. The highest BCUT2D eigenvalue weighted by Gasteiger charge is 2.35. The summed E-state index contributed by atoms with van der Waals surface area (Å²) in [5.74, 6) is -0.528. The van der Waals surface area contributed by atoms with E-state index in [-0.39, 0.29) is 17.7 Å². The lowest BCUT2D eigenvalue weighted by Crippen LogP contribution is -2.34. The molecular formula is C24H28O3. The SMILES string of the molecule is CCOC(=O)C(Cc1ccccc1)C(=O)[C@H]1CC[C@H](c2ccccc2)CC1. The maximum atomic E-state index is 13.2. The van der Waals surface area contributed by atoms with Gasteiger partial charge in [-0.2, -0.15) is 0 Å². The normalized spacial score (nSPS) is 20.6. The smallest absolute Gasteiger partial charge is 0.316 e. The average Bonchev–Trinajstić information content (AvgIpc) is 2.73. The van der Waals surface area contributed by atoms with Gasteiger partial charge in [0, 0.05) is 5.92 Å². The van der Waals surface area contributed by atoms with Crippen LogP contribution in [0.3, 0.4) is 0 Å². The number of hydrogen-bond acceptors (Lipinski definition) is 3. The van der Waals surface area contributed by atoms with E-state index < -0.39 is 5.92 Å². The van der Waals surface area contributed by atoms with Crippen molar-refractivity contribution >= 4 is 11.8 Å². The van der Waals surface area contributed by atoms with Crippen molar-refractivity contribution in [3.8, 4) is 0 Å². The summed E-state index contributed by atoms with van der Waals surface area (Å²) in [6.07, 6.45) is 4.13. The molecule has 0 radical (unpaired) electrons. The van der Waals surface area contributed by atoms with Crippen molar-refractivity contribution in [1.82, 2.24) is 0 Å². The number of Topliss-reactive ketones (excluding diaryl/α,β-unsaturated/α-hetero) is 1. The first-order chi connectivity index (χ1) is 13.2. The molecule has 3 nitrogen and oxygen atoms in total. The van der Waals surface area contributed by atoms with Crippen LogP contribution in [-0.4, -0.2) is 18.4 Å². The fourth-order valence-electron chi connectivity index (χ4n) is 4.11. The van der Waals surface area contributed by atoms with Crippen molar-refractivity contribution in [3.63, 3.8) is 0 Å². The lowest BCUT2D eigenvalue weighted by molar-refractivity contribution is -0.152. The molecule has 0 amide bonds. The zero-order valence-electron chi connectivity index (χ0n) is 16.0. The molecule has 0 spiro atoms. The maximum absolute atomic E-state index is 13.2. The number of rotatable bonds is 7. The van der Waals surface area contributed by atoms with Crippen molar-refractivity contribution in [2.45, 2.75) is 44.9 Å². The summed E-state index contributed by atoms with van der Waals surface area (Å²) in [6, 6.07) is 20.3. The van der Waals surface area contributed by atoms with Gasteiger partial charge in [0.2, 0.25) is 0 Å². The summed E-state index contributed by atoms with van der Waals surface area (Å²) in [5, 5.41) is 0. The van der Waals surface area contributed by atoms with E-state index in [4.69, 9.17) is 4.74 Å². The van der Waals surface area contributed by atoms with Gasteiger partial charge in [-0.1, -0.05) is 60.7 Å². The molecule has 1 aliphatic rings. The molecule has 0 aliphatic heterocycles. The molecule has 3 rings (SSSR count). The molecule has 0 N–H and O–H groups in total. The summed E-state index contributed by atoms with van der Waals surface area (Å²) in [5.41, 5.74) is 2.36. The van der Waals surface area contributed by atoms with E-state index in [1.165, 1.54) is 5.56 Å². The molecule has 2 aromatic carbocycles. The molecule has 0 saturated heterocycles. The molecule has 1 fully saturated rings. The van der Waals surface area contributed by atoms with Crippen LogP contribution in [-0.2, 0) is 20.7 Å². The molecule has 27 heavy (non-hydrogen) atoms. The van der Waals surface area contributed by atoms with Crippen LogP contribution in [0.15, 0.2) is 60.7 Å².